The molecule has 7 heteroatoms. The van der Waals surface area contributed by atoms with E-state index in [9.17, 15) is 22.8 Å². The number of carbonyl (C=O) groups is 2. The molecule has 1 saturated heterocycles. The summed E-state index contributed by atoms with van der Waals surface area (Å²) in [6.07, 6.45) is -3.80. The van der Waals surface area contributed by atoms with Gasteiger partial charge in [0.2, 0.25) is 5.91 Å². The van der Waals surface area contributed by atoms with Crippen LogP contribution in [-0.4, -0.2) is 35.0 Å². The van der Waals surface area contributed by atoms with Crippen LogP contribution in [0.1, 0.15) is 24.5 Å². The minimum atomic E-state index is -4.41. The maximum absolute atomic E-state index is 12.7. The third kappa shape index (κ3) is 4.24. The Bertz CT molecular complexity index is 600. The van der Waals surface area contributed by atoms with Crippen molar-refractivity contribution in [1.29, 1.82) is 0 Å². The lowest BCUT2D eigenvalue weighted by Crippen LogP contribution is -2.34. The van der Waals surface area contributed by atoms with Crippen molar-refractivity contribution in [2.75, 3.05) is 13.1 Å². The third-order valence-corrected chi connectivity index (χ3v) is 4.07. The predicted molar refractivity (Wildman–Crippen MR) is 76.6 cm³/mol. The topological polar surface area (TPSA) is 57.6 Å². The van der Waals surface area contributed by atoms with E-state index in [4.69, 9.17) is 5.11 Å². The second-order valence-corrected chi connectivity index (χ2v) is 5.91. The summed E-state index contributed by atoms with van der Waals surface area (Å²) >= 11 is 0. The fourth-order valence-electron chi connectivity index (χ4n) is 2.79. The fourth-order valence-corrected chi connectivity index (χ4v) is 2.79. The van der Waals surface area contributed by atoms with E-state index in [0.29, 0.717) is 18.5 Å². The molecule has 2 atom stereocenters. The van der Waals surface area contributed by atoms with Crippen molar-refractivity contribution < 1.29 is 27.9 Å². The average Bonchev–Trinajstić information content (AvgIpc) is 2.95. The molecule has 1 heterocycles. The Morgan fingerprint density at radius 3 is 2.65 bits per heavy atom. The standard InChI is InChI=1S/C16H18F3NO3/c1-10(14(21)20-6-5-12(9-20)15(22)23)7-11-3-2-4-13(8-11)16(17,18)19/h2-4,8,10,12H,5-7,9H2,1H3,(H,22,23)/t10-,12+/m0/s1. The molecule has 0 saturated carbocycles. The first-order valence-electron chi connectivity index (χ1n) is 7.36. The number of hydrogen-bond donors (Lipinski definition) is 1. The zero-order chi connectivity index (χ0) is 17.2. The highest BCUT2D eigenvalue weighted by atomic mass is 19.4. The van der Waals surface area contributed by atoms with E-state index in [1.807, 2.05) is 0 Å². The summed E-state index contributed by atoms with van der Waals surface area (Å²) in [5.74, 6) is -2.19. The van der Waals surface area contributed by atoms with E-state index < -0.39 is 29.5 Å². The van der Waals surface area contributed by atoms with Gasteiger partial charge in [0.1, 0.15) is 0 Å². The van der Waals surface area contributed by atoms with Crippen molar-refractivity contribution in [3.05, 3.63) is 35.4 Å². The van der Waals surface area contributed by atoms with Crippen LogP contribution >= 0.6 is 0 Å². The largest absolute Gasteiger partial charge is 0.481 e. The molecule has 1 aliphatic heterocycles. The van der Waals surface area contributed by atoms with Gasteiger partial charge in [0, 0.05) is 19.0 Å². The summed E-state index contributed by atoms with van der Waals surface area (Å²) in [6, 6.07) is 4.93. The van der Waals surface area contributed by atoms with Crippen molar-refractivity contribution >= 4 is 11.9 Å². The lowest BCUT2D eigenvalue weighted by Gasteiger charge is -2.21. The fraction of sp³-hybridized carbons (Fsp3) is 0.500. The molecule has 1 aromatic carbocycles. The maximum atomic E-state index is 12.7. The summed E-state index contributed by atoms with van der Waals surface area (Å²) in [4.78, 5) is 24.7. The quantitative estimate of drug-likeness (QED) is 0.924. The molecule has 23 heavy (non-hydrogen) atoms. The van der Waals surface area contributed by atoms with Crippen LogP contribution in [0.2, 0.25) is 0 Å². The van der Waals surface area contributed by atoms with E-state index in [1.54, 1.807) is 13.0 Å². The number of rotatable bonds is 4. The smallest absolute Gasteiger partial charge is 0.416 e. The molecular weight excluding hydrogens is 311 g/mol. The van der Waals surface area contributed by atoms with Gasteiger partial charge in [-0.25, -0.2) is 0 Å². The van der Waals surface area contributed by atoms with Gasteiger partial charge in [0.25, 0.3) is 0 Å². The normalized spacial score (nSPS) is 19.7. The number of hydrogen-bond acceptors (Lipinski definition) is 2. The van der Waals surface area contributed by atoms with Crippen LogP contribution < -0.4 is 0 Å². The Kier molecular flexibility index (Phi) is 4.97. The number of alkyl halides is 3. The summed E-state index contributed by atoms with van der Waals surface area (Å²) < 4.78 is 38.1. The number of likely N-dealkylation sites (tertiary alicyclic amines) is 1. The van der Waals surface area contributed by atoms with Gasteiger partial charge in [-0.1, -0.05) is 25.1 Å². The van der Waals surface area contributed by atoms with Crippen molar-refractivity contribution in [3.63, 3.8) is 0 Å². The number of carboxylic acid groups (broad SMARTS) is 1. The molecule has 0 aliphatic carbocycles. The molecule has 0 bridgehead atoms. The lowest BCUT2D eigenvalue weighted by molar-refractivity contribution is -0.141. The molecule has 1 aromatic rings. The van der Waals surface area contributed by atoms with Crippen molar-refractivity contribution in [2.24, 2.45) is 11.8 Å². The Labute approximate surface area is 131 Å². The zero-order valence-corrected chi connectivity index (χ0v) is 12.6. The number of carbonyl (C=O) groups excluding carboxylic acids is 1. The van der Waals surface area contributed by atoms with E-state index in [-0.39, 0.29) is 18.9 Å². The van der Waals surface area contributed by atoms with Crippen molar-refractivity contribution in [1.82, 2.24) is 4.90 Å². The molecule has 0 spiro atoms. The van der Waals surface area contributed by atoms with Crippen LogP contribution in [0.4, 0.5) is 13.2 Å². The van der Waals surface area contributed by atoms with E-state index in [1.165, 1.54) is 11.0 Å². The SMILES string of the molecule is C[C@@H](Cc1cccc(C(F)(F)F)c1)C(=O)N1CC[C@@H](C(=O)O)C1. The molecule has 1 fully saturated rings. The monoisotopic (exact) mass is 329 g/mol. The summed E-state index contributed by atoms with van der Waals surface area (Å²) in [5, 5.41) is 8.95. The van der Waals surface area contributed by atoms with Crippen LogP contribution in [0, 0.1) is 11.8 Å². The summed E-state index contributed by atoms with van der Waals surface area (Å²) in [5.41, 5.74) is -0.295. The summed E-state index contributed by atoms with van der Waals surface area (Å²) in [6.45, 7) is 2.19. The number of nitrogens with zero attached hydrogens (tertiary/aromatic N) is 1. The Morgan fingerprint density at radius 1 is 1.39 bits per heavy atom. The van der Waals surface area contributed by atoms with Gasteiger partial charge < -0.3 is 10.0 Å². The van der Waals surface area contributed by atoms with Gasteiger partial charge in [-0.2, -0.15) is 13.2 Å². The van der Waals surface area contributed by atoms with Gasteiger partial charge in [-0.15, -0.1) is 0 Å². The first-order valence-corrected chi connectivity index (χ1v) is 7.36. The van der Waals surface area contributed by atoms with Gasteiger partial charge in [0.05, 0.1) is 11.5 Å². The average molecular weight is 329 g/mol. The van der Waals surface area contributed by atoms with Gasteiger partial charge in [-0.05, 0) is 24.5 Å². The highest BCUT2D eigenvalue weighted by Gasteiger charge is 2.33. The molecule has 2 rings (SSSR count). The Balaban J connectivity index is 2.00. The molecule has 0 radical (unpaired) electrons. The van der Waals surface area contributed by atoms with Crippen molar-refractivity contribution in [2.45, 2.75) is 25.9 Å². The highest BCUT2D eigenvalue weighted by molar-refractivity contribution is 5.80. The minimum absolute atomic E-state index is 0.168. The first kappa shape index (κ1) is 17.3. The van der Waals surface area contributed by atoms with Crippen LogP contribution in [0.25, 0.3) is 0 Å². The molecule has 0 unspecified atom stereocenters. The van der Waals surface area contributed by atoms with Crippen LogP contribution in [0.3, 0.4) is 0 Å². The van der Waals surface area contributed by atoms with Gasteiger partial charge in [0.15, 0.2) is 0 Å². The number of halogens is 3. The first-order chi connectivity index (χ1) is 10.7. The van der Waals surface area contributed by atoms with E-state index in [2.05, 4.69) is 0 Å². The lowest BCUT2D eigenvalue weighted by atomic mass is 9.98. The molecule has 0 aromatic heterocycles. The Hall–Kier alpha value is -2.05. The number of amides is 1. The van der Waals surface area contributed by atoms with Gasteiger partial charge >= 0.3 is 12.1 Å². The van der Waals surface area contributed by atoms with E-state index in [0.717, 1.165) is 12.1 Å². The Morgan fingerprint density at radius 2 is 2.09 bits per heavy atom. The highest BCUT2D eigenvalue weighted by Crippen LogP contribution is 2.30. The molecular formula is C16H18F3NO3. The molecule has 1 amide bonds. The number of carboxylic acids is 1. The molecule has 1 aliphatic rings. The molecule has 4 nitrogen and oxygen atoms in total. The number of benzene rings is 1. The number of aliphatic carboxylic acids is 1. The third-order valence-electron chi connectivity index (χ3n) is 4.07. The molecule has 1 N–H and O–H groups in total. The van der Waals surface area contributed by atoms with E-state index >= 15 is 0 Å². The zero-order valence-electron chi connectivity index (χ0n) is 12.6. The summed E-state index contributed by atoms with van der Waals surface area (Å²) in [7, 11) is 0. The van der Waals surface area contributed by atoms with Crippen LogP contribution in [0.15, 0.2) is 24.3 Å². The molecule has 126 valence electrons. The van der Waals surface area contributed by atoms with Crippen molar-refractivity contribution in [3.8, 4) is 0 Å². The maximum Gasteiger partial charge on any atom is 0.416 e. The second kappa shape index (κ2) is 6.60. The van der Waals surface area contributed by atoms with Gasteiger partial charge in [-0.3, -0.25) is 9.59 Å². The van der Waals surface area contributed by atoms with Crippen LogP contribution in [0.5, 0.6) is 0 Å². The predicted octanol–water partition coefficient (Wildman–Crippen LogP) is 2.82. The van der Waals surface area contributed by atoms with Crippen LogP contribution in [-0.2, 0) is 22.2 Å². The minimum Gasteiger partial charge on any atom is -0.481 e. The second-order valence-electron chi connectivity index (χ2n) is 5.91.